The second-order valence-corrected chi connectivity index (χ2v) is 7.84. The van der Waals surface area contributed by atoms with E-state index in [0.29, 0.717) is 25.8 Å². The molecule has 0 aromatic rings. The molecule has 0 saturated carbocycles. The van der Waals surface area contributed by atoms with E-state index in [4.69, 9.17) is 5.11 Å². The minimum absolute atomic E-state index is 0.0289. The highest BCUT2D eigenvalue weighted by Crippen LogP contribution is 2.21. The summed E-state index contributed by atoms with van der Waals surface area (Å²) in [5.41, 5.74) is 0. The second kappa shape index (κ2) is 12.1. The van der Waals surface area contributed by atoms with Crippen LogP contribution in [0.4, 0.5) is 0 Å². The van der Waals surface area contributed by atoms with Crippen LogP contribution in [0.1, 0.15) is 58.8 Å². The van der Waals surface area contributed by atoms with E-state index in [-0.39, 0.29) is 23.7 Å². The van der Waals surface area contributed by atoms with Gasteiger partial charge in [0.15, 0.2) is 5.78 Å². The lowest BCUT2D eigenvalue weighted by Gasteiger charge is -2.22. The number of allylic oxidation sites excluding steroid dienone is 1. The third kappa shape index (κ3) is 8.56. The fourth-order valence-electron chi connectivity index (χ4n) is 2.75. The van der Waals surface area contributed by atoms with Gasteiger partial charge in [-0.05, 0) is 31.1 Å². The minimum atomic E-state index is -0.760. The van der Waals surface area contributed by atoms with Crippen molar-refractivity contribution in [3.05, 3.63) is 12.2 Å². The molecule has 0 aromatic carbocycles. The Balaban J connectivity index is 2.32. The van der Waals surface area contributed by atoms with Crippen molar-refractivity contribution in [3.63, 3.8) is 0 Å². The predicted octanol–water partition coefficient (Wildman–Crippen LogP) is 3.53. The zero-order chi connectivity index (χ0) is 18.7. The monoisotopic (exact) mass is 369 g/mol. The Labute approximate surface area is 155 Å². The van der Waals surface area contributed by atoms with Crippen LogP contribution in [-0.4, -0.2) is 51.8 Å². The van der Waals surface area contributed by atoms with Crippen LogP contribution in [0.5, 0.6) is 0 Å². The number of carbonyl (C=O) groups excluding carboxylic acids is 2. The highest BCUT2D eigenvalue weighted by Gasteiger charge is 2.28. The van der Waals surface area contributed by atoms with Gasteiger partial charge >= 0.3 is 5.97 Å². The van der Waals surface area contributed by atoms with E-state index in [1.165, 1.54) is 0 Å². The molecule has 2 atom stereocenters. The first kappa shape index (κ1) is 21.7. The predicted molar refractivity (Wildman–Crippen MR) is 102 cm³/mol. The number of amides is 1. The van der Waals surface area contributed by atoms with E-state index in [0.717, 1.165) is 37.2 Å². The molecule has 6 heteroatoms. The van der Waals surface area contributed by atoms with Crippen LogP contribution in [0.25, 0.3) is 0 Å². The largest absolute Gasteiger partial charge is 0.481 e. The quantitative estimate of drug-likeness (QED) is 0.397. The second-order valence-electron chi connectivity index (χ2n) is 6.62. The normalized spacial score (nSPS) is 18.9. The molecule has 1 N–H and O–H groups in total. The topological polar surface area (TPSA) is 74.7 Å². The standard InChI is InChI=1S/C19H31NO4S/c1-3-4-5-6-17(21)9-7-16-8-10-18(22)20(16)12-14-25-13-11-15(2)19(23)24/h7,9,15-16H,3-6,8,10-14H2,1-2H3,(H,23,24)/t15?,16-/m0/s1. The molecule has 0 bridgehead atoms. The molecule has 142 valence electrons. The Hall–Kier alpha value is -1.30. The average Bonchev–Trinajstić information content (AvgIpc) is 2.92. The Morgan fingerprint density at radius 3 is 2.80 bits per heavy atom. The number of unbranched alkanes of at least 4 members (excludes halogenated alkanes) is 2. The number of thioether (sulfide) groups is 1. The van der Waals surface area contributed by atoms with E-state index in [9.17, 15) is 14.4 Å². The zero-order valence-electron chi connectivity index (χ0n) is 15.4. The van der Waals surface area contributed by atoms with Gasteiger partial charge < -0.3 is 10.0 Å². The number of aliphatic carboxylic acids is 1. The van der Waals surface area contributed by atoms with Gasteiger partial charge in [-0.1, -0.05) is 32.8 Å². The fourth-order valence-corrected chi connectivity index (χ4v) is 3.80. The molecular weight excluding hydrogens is 338 g/mol. The number of likely N-dealkylation sites (tertiary alicyclic amines) is 1. The number of hydrogen-bond acceptors (Lipinski definition) is 4. The van der Waals surface area contributed by atoms with Crippen molar-refractivity contribution in [1.29, 1.82) is 0 Å². The lowest BCUT2D eigenvalue weighted by Crippen LogP contribution is -2.33. The SMILES string of the molecule is CCCCCC(=O)C=C[C@H]1CCC(=O)N1CCSCCC(C)C(=O)O. The third-order valence-electron chi connectivity index (χ3n) is 4.50. The number of nitrogens with zero attached hydrogens (tertiary/aromatic N) is 1. The van der Waals surface area contributed by atoms with Crippen molar-refractivity contribution in [2.45, 2.75) is 64.8 Å². The van der Waals surface area contributed by atoms with Gasteiger partial charge in [0.25, 0.3) is 0 Å². The first-order valence-corrected chi connectivity index (χ1v) is 10.4. The Kier molecular flexibility index (Phi) is 10.5. The van der Waals surface area contributed by atoms with Crippen LogP contribution in [-0.2, 0) is 14.4 Å². The first-order valence-electron chi connectivity index (χ1n) is 9.26. The van der Waals surface area contributed by atoms with Gasteiger partial charge in [-0.2, -0.15) is 11.8 Å². The lowest BCUT2D eigenvalue weighted by atomic mass is 10.1. The molecular formula is C19H31NO4S. The van der Waals surface area contributed by atoms with E-state index < -0.39 is 5.97 Å². The zero-order valence-corrected chi connectivity index (χ0v) is 16.2. The van der Waals surface area contributed by atoms with Crippen LogP contribution in [0.2, 0.25) is 0 Å². The smallest absolute Gasteiger partial charge is 0.306 e. The van der Waals surface area contributed by atoms with Crippen molar-refractivity contribution in [1.82, 2.24) is 4.90 Å². The summed E-state index contributed by atoms with van der Waals surface area (Å²) >= 11 is 1.68. The van der Waals surface area contributed by atoms with Crippen LogP contribution in [0.3, 0.4) is 0 Å². The summed E-state index contributed by atoms with van der Waals surface area (Å²) in [4.78, 5) is 36.5. The van der Waals surface area contributed by atoms with E-state index in [2.05, 4.69) is 6.92 Å². The van der Waals surface area contributed by atoms with Crippen LogP contribution < -0.4 is 0 Å². The van der Waals surface area contributed by atoms with E-state index >= 15 is 0 Å². The molecule has 5 nitrogen and oxygen atoms in total. The maximum Gasteiger partial charge on any atom is 0.306 e. The molecule has 1 unspecified atom stereocenters. The number of rotatable bonds is 13. The maximum absolute atomic E-state index is 12.0. The van der Waals surface area contributed by atoms with Crippen molar-refractivity contribution < 1.29 is 19.5 Å². The molecule has 0 radical (unpaired) electrons. The average molecular weight is 370 g/mol. The molecule has 1 amide bonds. The van der Waals surface area contributed by atoms with Gasteiger partial charge in [0, 0.05) is 25.1 Å². The van der Waals surface area contributed by atoms with Crippen molar-refractivity contribution in [2.75, 3.05) is 18.1 Å². The number of hydrogen-bond donors (Lipinski definition) is 1. The Morgan fingerprint density at radius 1 is 1.36 bits per heavy atom. The molecule has 0 aromatic heterocycles. The molecule has 0 spiro atoms. The summed E-state index contributed by atoms with van der Waals surface area (Å²) < 4.78 is 0. The Morgan fingerprint density at radius 2 is 2.12 bits per heavy atom. The molecule has 1 fully saturated rings. The number of ketones is 1. The van der Waals surface area contributed by atoms with Crippen LogP contribution >= 0.6 is 11.8 Å². The molecule has 1 heterocycles. The molecule has 1 aliphatic heterocycles. The van der Waals surface area contributed by atoms with Crippen LogP contribution in [0.15, 0.2) is 12.2 Å². The van der Waals surface area contributed by atoms with Gasteiger partial charge in [-0.15, -0.1) is 0 Å². The number of carbonyl (C=O) groups is 3. The molecule has 1 rings (SSSR count). The van der Waals surface area contributed by atoms with Crippen LogP contribution in [0, 0.1) is 5.92 Å². The summed E-state index contributed by atoms with van der Waals surface area (Å²) in [6.07, 6.45) is 9.18. The summed E-state index contributed by atoms with van der Waals surface area (Å²) in [5, 5.41) is 8.86. The molecule has 1 saturated heterocycles. The lowest BCUT2D eigenvalue weighted by molar-refractivity contribution is -0.141. The third-order valence-corrected chi connectivity index (χ3v) is 5.49. The summed E-state index contributed by atoms with van der Waals surface area (Å²) in [6.45, 7) is 4.48. The van der Waals surface area contributed by atoms with Crippen molar-refractivity contribution in [2.24, 2.45) is 5.92 Å². The molecule has 25 heavy (non-hydrogen) atoms. The maximum atomic E-state index is 12.0. The summed E-state index contributed by atoms with van der Waals surface area (Å²) in [7, 11) is 0. The fraction of sp³-hybridized carbons (Fsp3) is 0.737. The van der Waals surface area contributed by atoms with E-state index in [1.807, 2.05) is 11.0 Å². The van der Waals surface area contributed by atoms with Gasteiger partial charge in [0.1, 0.15) is 0 Å². The summed E-state index contributed by atoms with van der Waals surface area (Å²) in [6, 6.07) is 0.0289. The first-order chi connectivity index (χ1) is 12.0. The number of carboxylic acids is 1. The van der Waals surface area contributed by atoms with Gasteiger partial charge in [0.05, 0.1) is 12.0 Å². The minimum Gasteiger partial charge on any atom is -0.481 e. The van der Waals surface area contributed by atoms with E-state index in [1.54, 1.807) is 24.8 Å². The molecule has 1 aliphatic rings. The van der Waals surface area contributed by atoms with Gasteiger partial charge in [-0.25, -0.2) is 0 Å². The van der Waals surface area contributed by atoms with Crippen molar-refractivity contribution >= 4 is 29.4 Å². The Bertz CT molecular complexity index is 478. The summed E-state index contributed by atoms with van der Waals surface area (Å²) in [5.74, 6) is 0.788. The van der Waals surface area contributed by atoms with Crippen molar-refractivity contribution in [3.8, 4) is 0 Å². The van der Waals surface area contributed by atoms with Gasteiger partial charge in [-0.3, -0.25) is 14.4 Å². The highest BCUT2D eigenvalue weighted by atomic mass is 32.2. The molecule has 0 aliphatic carbocycles. The highest BCUT2D eigenvalue weighted by molar-refractivity contribution is 7.99. The van der Waals surface area contributed by atoms with Gasteiger partial charge in [0.2, 0.25) is 5.91 Å². The number of carboxylic acid groups (broad SMARTS) is 1.